The Kier molecular flexibility index (Phi) is 3.95. The third-order valence-electron chi connectivity index (χ3n) is 5.28. The van der Waals surface area contributed by atoms with Crippen LogP contribution in [0.25, 0.3) is 10.9 Å². The number of nitrogens with zero attached hydrogens (tertiary/aromatic N) is 2. The van der Waals surface area contributed by atoms with E-state index < -0.39 is 18.0 Å². The van der Waals surface area contributed by atoms with Crippen molar-refractivity contribution in [2.75, 3.05) is 13.4 Å². The van der Waals surface area contributed by atoms with E-state index in [4.69, 9.17) is 14.2 Å². The second kappa shape index (κ2) is 6.52. The summed E-state index contributed by atoms with van der Waals surface area (Å²) in [4.78, 5) is 25.7. The Morgan fingerprint density at radius 3 is 2.83 bits per heavy atom. The molecule has 2 aliphatic heterocycles. The summed E-state index contributed by atoms with van der Waals surface area (Å²) < 4.78 is 17.8. The summed E-state index contributed by atoms with van der Waals surface area (Å²) in [6, 6.07) is 12.9. The lowest BCUT2D eigenvalue weighted by Gasteiger charge is -2.32. The molecule has 1 atom stereocenters. The number of para-hydroxylation sites is 1. The van der Waals surface area contributed by atoms with Crippen molar-refractivity contribution in [1.82, 2.24) is 15.0 Å². The van der Waals surface area contributed by atoms with E-state index in [1.807, 2.05) is 54.1 Å². The second-order valence-corrected chi connectivity index (χ2v) is 6.85. The smallest absolute Gasteiger partial charge is 0.431 e. The van der Waals surface area contributed by atoms with Crippen LogP contribution in [0, 0.1) is 0 Å². The van der Waals surface area contributed by atoms with Gasteiger partial charge in [-0.1, -0.05) is 24.3 Å². The third kappa shape index (κ3) is 2.56. The van der Waals surface area contributed by atoms with Crippen molar-refractivity contribution in [2.45, 2.75) is 13.0 Å². The number of carbonyl (C=O) groups excluding carboxylic acids is 2. The van der Waals surface area contributed by atoms with Crippen LogP contribution < -0.4 is 14.9 Å². The quantitative estimate of drug-likeness (QED) is 0.721. The lowest BCUT2D eigenvalue weighted by molar-refractivity contribution is 0.0495. The Hall–Kier alpha value is -3.52. The number of nitrogens with one attached hydrogen (secondary N) is 1. The van der Waals surface area contributed by atoms with E-state index >= 15 is 0 Å². The summed E-state index contributed by atoms with van der Waals surface area (Å²) >= 11 is 0. The minimum Gasteiger partial charge on any atom is -0.454 e. The molecule has 1 unspecified atom stereocenters. The van der Waals surface area contributed by atoms with Gasteiger partial charge >= 0.3 is 6.09 Å². The van der Waals surface area contributed by atoms with Crippen LogP contribution in [-0.4, -0.2) is 35.0 Å². The minimum absolute atomic E-state index is 0.168. The van der Waals surface area contributed by atoms with E-state index in [1.54, 1.807) is 6.92 Å². The normalized spacial score (nSPS) is 17.5. The summed E-state index contributed by atoms with van der Waals surface area (Å²) in [7, 11) is 1.82. The van der Waals surface area contributed by atoms with Crippen molar-refractivity contribution in [1.29, 1.82) is 0 Å². The van der Waals surface area contributed by atoms with E-state index in [-0.39, 0.29) is 13.4 Å². The molecule has 0 saturated carbocycles. The monoisotopic (exact) mass is 393 g/mol. The van der Waals surface area contributed by atoms with Gasteiger partial charge in [-0.15, -0.1) is 0 Å². The maximum Gasteiger partial charge on any atom is 0.431 e. The molecule has 3 heterocycles. The van der Waals surface area contributed by atoms with Crippen LogP contribution >= 0.6 is 0 Å². The fourth-order valence-corrected chi connectivity index (χ4v) is 3.99. The lowest BCUT2D eigenvalue weighted by Crippen LogP contribution is -2.53. The third-order valence-corrected chi connectivity index (χ3v) is 5.28. The van der Waals surface area contributed by atoms with Gasteiger partial charge in [-0.3, -0.25) is 4.79 Å². The van der Waals surface area contributed by atoms with Crippen LogP contribution in [0.5, 0.6) is 11.5 Å². The van der Waals surface area contributed by atoms with Crippen LogP contribution in [0.1, 0.15) is 34.6 Å². The van der Waals surface area contributed by atoms with Crippen molar-refractivity contribution >= 4 is 22.9 Å². The molecule has 0 radical (unpaired) electrons. The van der Waals surface area contributed by atoms with E-state index in [1.165, 1.54) is 0 Å². The molecule has 8 heteroatoms. The van der Waals surface area contributed by atoms with Crippen molar-refractivity contribution in [3.8, 4) is 11.5 Å². The molecule has 2 amide bonds. The minimum atomic E-state index is -0.737. The summed E-state index contributed by atoms with van der Waals surface area (Å²) in [5, 5.41) is 1.89. The molecule has 8 nitrogen and oxygen atoms in total. The number of imide groups is 1. The summed E-state index contributed by atoms with van der Waals surface area (Å²) in [5.74, 6) is 0.848. The molecule has 148 valence electrons. The maximum absolute atomic E-state index is 13.2. The Morgan fingerprint density at radius 1 is 1.21 bits per heavy atom. The topological polar surface area (TPSA) is 82.0 Å². The summed E-state index contributed by atoms with van der Waals surface area (Å²) in [6.07, 6.45) is -0.737. The molecule has 5 rings (SSSR count). The van der Waals surface area contributed by atoms with Crippen LogP contribution in [-0.2, 0) is 11.8 Å². The first kappa shape index (κ1) is 17.6. The van der Waals surface area contributed by atoms with Crippen LogP contribution in [0.3, 0.4) is 0 Å². The molecule has 0 spiro atoms. The van der Waals surface area contributed by atoms with E-state index in [0.717, 1.165) is 27.0 Å². The number of carbonyl (C=O) groups is 2. The largest absolute Gasteiger partial charge is 0.454 e. The van der Waals surface area contributed by atoms with E-state index in [2.05, 4.69) is 5.43 Å². The number of amides is 2. The molecule has 1 aromatic heterocycles. The lowest BCUT2D eigenvalue weighted by atomic mass is 9.94. The van der Waals surface area contributed by atoms with E-state index in [0.29, 0.717) is 17.2 Å². The second-order valence-electron chi connectivity index (χ2n) is 6.85. The molecule has 3 aromatic rings. The SMILES string of the molecule is CCOC(=O)N1NC(c2ccc3c(c2)OCO3)c2c(n(C)c3ccccc23)C1=O. The number of hydrazine groups is 1. The van der Waals surface area contributed by atoms with Gasteiger partial charge in [0.2, 0.25) is 6.79 Å². The maximum atomic E-state index is 13.2. The highest BCUT2D eigenvalue weighted by molar-refractivity contribution is 6.08. The average Bonchev–Trinajstić information content (AvgIpc) is 3.31. The summed E-state index contributed by atoms with van der Waals surface area (Å²) in [6.45, 7) is 2.04. The number of hydrogen-bond donors (Lipinski definition) is 1. The van der Waals surface area contributed by atoms with Crippen molar-refractivity contribution < 1.29 is 23.8 Å². The first-order chi connectivity index (χ1) is 14.1. The Labute approximate surface area is 166 Å². The fourth-order valence-electron chi connectivity index (χ4n) is 3.99. The van der Waals surface area contributed by atoms with Crippen molar-refractivity contribution in [2.24, 2.45) is 7.05 Å². The fraction of sp³-hybridized carbons (Fsp3) is 0.238. The Morgan fingerprint density at radius 2 is 2.00 bits per heavy atom. The molecule has 2 aromatic carbocycles. The van der Waals surface area contributed by atoms with Gasteiger partial charge < -0.3 is 18.8 Å². The zero-order valence-corrected chi connectivity index (χ0v) is 16.0. The van der Waals surface area contributed by atoms with Crippen molar-refractivity contribution in [3.05, 3.63) is 59.3 Å². The molecule has 1 N–H and O–H groups in total. The zero-order chi connectivity index (χ0) is 20.1. The van der Waals surface area contributed by atoms with Gasteiger partial charge in [-0.2, -0.15) is 5.01 Å². The first-order valence-electron chi connectivity index (χ1n) is 9.34. The number of rotatable bonds is 2. The average molecular weight is 393 g/mol. The van der Waals surface area contributed by atoms with Gasteiger partial charge in [-0.25, -0.2) is 10.2 Å². The molecule has 0 aliphatic carbocycles. The molecular formula is C21H19N3O5. The zero-order valence-electron chi connectivity index (χ0n) is 16.0. The highest BCUT2D eigenvalue weighted by Crippen LogP contribution is 2.41. The van der Waals surface area contributed by atoms with E-state index in [9.17, 15) is 9.59 Å². The van der Waals surface area contributed by atoms with Gasteiger partial charge in [0.15, 0.2) is 11.5 Å². The number of hydrogen-bond acceptors (Lipinski definition) is 6. The Bertz CT molecular complexity index is 1150. The van der Waals surface area contributed by atoms with Crippen LogP contribution in [0.15, 0.2) is 42.5 Å². The number of fused-ring (bicyclic) bond motifs is 4. The van der Waals surface area contributed by atoms with Gasteiger partial charge in [0.05, 0.1) is 12.6 Å². The highest BCUT2D eigenvalue weighted by Gasteiger charge is 2.40. The number of ether oxygens (including phenoxy) is 3. The molecular weight excluding hydrogens is 374 g/mol. The highest BCUT2D eigenvalue weighted by atomic mass is 16.7. The van der Waals surface area contributed by atoms with Crippen LogP contribution in [0.4, 0.5) is 4.79 Å². The van der Waals surface area contributed by atoms with Crippen LogP contribution in [0.2, 0.25) is 0 Å². The van der Waals surface area contributed by atoms with Crippen molar-refractivity contribution in [3.63, 3.8) is 0 Å². The molecule has 0 fully saturated rings. The molecule has 0 bridgehead atoms. The Balaban J connectivity index is 1.72. The number of benzene rings is 2. The number of aryl methyl sites for hydroxylation is 1. The molecule has 2 aliphatic rings. The van der Waals surface area contributed by atoms with Gasteiger partial charge in [0.1, 0.15) is 5.69 Å². The molecule has 0 saturated heterocycles. The predicted octanol–water partition coefficient (Wildman–Crippen LogP) is 3.11. The molecule has 29 heavy (non-hydrogen) atoms. The standard InChI is InChI=1S/C21H19N3O5/c1-3-27-21(26)24-20(25)19-17(13-6-4-5-7-14(13)23(19)2)18(22-24)12-8-9-15-16(10-12)29-11-28-15/h4-10,18,22H,3,11H2,1-2H3. The predicted molar refractivity (Wildman–Crippen MR) is 104 cm³/mol. The van der Waals surface area contributed by atoms with Gasteiger partial charge in [-0.05, 0) is 30.7 Å². The van der Waals surface area contributed by atoms with Gasteiger partial charge in [0.25, 0.3) is 5.91 Å². The summed E-state index contributed by atoms with van der Waals surface area (Å²) in [5.41, 5.74) is 6.06. The number of aromatic nitrogens is 1. The first-order valence-corrected chi connectivity index (χ1v) is 9.34. The van der Waals surface area contributed by atoms with Gasteiger partial charge in [0, 0.05) is 23.5 Å².